The smallest absolute Gasteiger partial charge is 0.337 e. The number of hydrogen-bond donors (Lipinski definition) is 0. The maximum absolute atomic E-state index is 12.4. The molecule has 3 aromatic rings. The zero-order chi connectivity index (χ0) is 18.7. The topological polar surface area (TPSA) is 95.9 Å². The molecule has 136 valence electrons. The van der Waals surface area contributed by atoms with Crippen LogP contribution in [-0.2, 0) is 16.0 Å². The highest BCUT2D eigenvalue weighted by Crippen LogP contribution is 2.20. The molecule has 9 heteroatoms. The van der Waals surface area contributed by atoms with Gasteiger partial charge in [-0.1, -0.05) is 16.5 Å². The van der Waals surface area contributed by atoms with Crippen LogP contribution < -0.4 is 4.80 Å². The SMILES string of the molecule is COCCn1c(=NC(=O)c2cc(C)on2)sc2cc(C(=O)OC)ccc21. The predicted molar refractivity (Wildman–Crippen MR) is 94.2 cm³/mol. The maximum Gasteiger partial charge on any atom is 0.337 e. The molecule has 0 aliphatic heterocycles. The molecule has 2 heterocycles. The fraction of sp³-hybridized carbons (Fsp3) is 0.294. The maximum atomic E-state index is 12.4. The third-order valence-electron chi connectivity index (χ3n) is 3.67. The Bertz CT molecular complexity index is 1030. The summed E-state index contributed by atoms with van der Waals surface area (Å²) in [7, 11) is 2.93. The molecule has 1 aromatic carbocycles. The second-order valence-electron chi connectivity index (χ2n) is 5.44. The highest BCUT2D eigenvalue weighted by Gasteiger charge is 2.14. The average Bonchev–Trinajstić information content (AvgIpc) is 3.22. The van der Waals surface area contributed by atoms with E-state index >= 15 is 0 Å². The zero-order valence-electron chi connectivity index (χ0n) is 14.5. The minimum absolute atomic E-state index is 0.147. The van der Waals surface area contributed by atoms with Crippen LogP contribution >= 0.6 is 11.3 Å². The van der Waals surface area contributed by atoms with E-state index in [-0.39, 0.29) is 5.69 Å². The van der Waals surface area contributed by atoms with E-state index in [0.29, 0.717) is 29.3 Å². The van der Waals surface area contributed by atoms with E-state index in [0.717, 1.165) is 10.2 Å². The van der Waals surface area contributed by atoms with E-state index in [9.17, 15) is 9.59 Å². The third kappa shape index (κ3) is 3.58. The normalized spacial score (nSPS) is 11.9. The van der Waals surface area contributed by atoms with Crippen molar-refractivity contribution >= 4 is 33.4 Å². The monoisotopic (exact) mass is 375 g/mol. The molecular formula is C17H17N3O5S. The van der Waals surface area contributed by atoms with Crippen LogP contribution in [0.1, 0.15) is 26.6 Å². The molecule has 0 N–H and O–H groups in total. The van der Waals surface area contributed by atoms with E-state index in [2.05, 4.69) is 10.1 Å². The Morgan fingerprint density at radius 1 is 1.31 bits per heavy atom. The molecule has 0 radical (unpaired) electrons. The summed E-state index contributed by atoms with van der Waals surface area (Å²) in [6.45, 7) is 2.67. The Morgan fingerprint density at radius 3 is 2.77 bits per heavy atom. The van der Waals surface area contributed by atoms with Crippen LogP contribution in [0.4, 0.5) is 0 Å². The van der Waals surface area contributed by atoms with Gasteiger partial charge in [0.2, 0.25) is 0 Å². The number of hydrogen-bond acceptors (Lipinski definition) is 7. The molecule has 0 spiro atoms. The van der Waals surface area contributed by atoms with Gasteiger partial charge in [0.25, 0.3) is 0 Å². The summed E-state index contributed by atoms with van der Waals surface area (Å²) in [4.78, 5) is 28.8. The standard InChI is InChI=1S/C17H17N3O5S/c1-10-8-12(19-25-10)15(21)18-17-20(6-7-23-2)13-5-4-11(16(22)24-3)9-14(13)26-17/h4-5,8-9H,6-7H2,1-3H3. The summed E-state index contributed by atoms with van der Waals surface area (Å²) in [6.07, 6.45) is 0. The number of esters is 1. The van der Waals surface area contributed by atoms with Crippen molar-refractivity contribution in [2.75, 3.05) is 20.8 Å². The van der Waals surface area contributed by atoms with Crippen LogP contribution in [0.2, 0.25) is 0 Å². The summed E-state index contributed by atoms with van der Waals surface area (Å²) in [5.41, 5.74) is 1.43. The van der Waals surface area contributed by atoms with Crippen molar-refractivity contribution in [1.29, 1.82) is 0 Å². The molecule has 3 rings (SSSR count). The molecule has 0 atom stereocenters. The van der Waals surface area contributed by atoms with Gasteiger partial charge < -0.3 is 18.6 Å². The van der Waals surface area contributed by atoms with Gasteiger partial charge in [0.05, 0.1) is 29.5 Å². The van der Waals surface area contributed by atoms with Crippen LogP contribution in [0.15, 0.2) is 33.8 Å². The number of aryl methyl sites for hydroxylation is 1. The number of amides is 1. The number of benzene rings is 1. The molecule has 26 heavy (non-hydrogen) atoms. The van der Waals surface area contributed by atoms with E-state index < -0.39 is 11.9 Å². The average molecular weight is 375 g/mol. The molecule has 0 aliphatic carbocycles. The molecular weight excluding hydrogens is 358 g/mol. The van der Waals surface area contributed by atoms with Gasteiger partial charge in [0.1, 0.15) is 5.76 Å². The molecule has 0 saturated carbocycles. The second kappa shape index (κ2) is 7.63. The summed E-state index contributed by atoms with van der Waals surface area (Å²) in [6, 6.07) is 6.74. The van der Waals surface area contributed by atoms with Gasteiger partial charge in [-0.3, -0.25) is 4.79 Å². The molecule has 8 nitrogen and oxygen atoms in total. The van der Waals surface area contributed by atoms with Crippen molar-refractivity contribution in [2.24, 2.45) is 4.99 Å². The molecule has 0 bridgehead atoms. The van der Waals surface area contributed by atoms with Crippen molar-refractivity contribution in [1.82, 2.24) is 9.72 Å². The number of thiazole rings is 1. The number of nitrogens with zero attached hydrogens (tertiary/aromatic N) is 3. The van der Waals surface area contributed by atoms with Crippen LogP contribution in [-0.4, -0.2) is 42.4 Å². The van der Waals surface area contributed by atoms with Crippen molar-refractivity contribution in [3.05, 3.63) is 46.1 Å². The Labute approximate surface area is 152 Å². The molecule has 0 fully saturated rings. The lowest BCUT2D eigenvalue weighted by molar-refractivity contribution is 0.0600. The first kappa shape index (κ1) is 18.0. The molecule has 0 saturated heterocycles. The predicted octanol–water partition coefficient (Wildman–Crippen LogP) is 2.17. The number of fused-ring (bicyclic) bond motifs is 1. The first-order chi connectivity index (χ1) is 12.5. The molecule has 1 amide bonds. The minimum atomic E-state index is -0.493. The lowest BCUT2D eigenvalue weighted by Crippen LogP contribution is -2.19. The second-order valence-corrected chi connectivity index (χ2v) is 6.45. The number of rotatable bonds is 5. The summed E-state index contributed by atoms with van der Waals surface area (Å²) < 4.78 is 17.5. The van der Waals surface area contributed by atoms with E-state index in [4.69, 9.17) is 14.0 Å². The Hall–Kier alpha value is -2.78. The first-order valence-electron chi connectivity index (χ1n) is 7.76. The van der Waals surface area contributed by atoms with Gasteiger partial charge in [0.15, 0.2) is 10.5 Å². The number of carbonyl (C=O) groups excluding carboxylic acids is 2. The van der Waals surface area contributed by atoms with Crippen LogP contribution in [0.25, 0.3) is 10.2 Å². The highest BCUT2D eigenvalue weighted by molar-refractivity contribution is 7.16. The van der Waals surface area contributed by atoms with Gasteiger partial charge in [-0.25, -0.2) is 4.79 Å². The summed E-state index contributed by atoms with van der Waals surface area (Å²) in [5, 5.41) is 3.70. The molecule has 0 unspecified atom stereocenters. The van der Waals surface area contributed by atoms with Gasteiger partial charge in [-0.15, -0.1) is 0 Å². The van der Waals surface area contributed by atoms with Crippen molar-refractivity contribution in [3.63, 3.8) is 0 Å². The summed E-state index contributed by atoms with van der Waals surface area (Å²) >= 11 is 1.30. The fourth-order valence-corrected chi connectivity index (χ4v) is 3.51. The number of aromatic nitrogens is 2. The Kier molecular flexibility index (Phi) is 5.29. The minimum Gasteiger partial charge on any atom is -0.465 e. The first-order valence-corrected chi connectivity index (χ1v) is 8.58. The molecule has 0 aliphatic rings. The largest absolute Gasteiger partial charge is 0.465 e. The van der Waals surface area contributed by atoms with E-state index in [1.165, 1.54) is 24.5 Å². The molecule has 2 aromatic heterocycles. The Balaban J connectivity index is 2.11. The van der Waals surface area contributed by atoms with E-state index in [1.54, 1.807) is 32.2 Å². The van der Waals surface area contributed by atoms with Crippen molar-refractivity contribution in [3.8, 4) is 0 Å². The Morgan fingerprint density at radius 2 is 2.12 bits per heavy atom. The van der Waals surface area contributed by atoms with Gasteiger partial charge in [0, 0.05) is 19.7 Å². The van der Waals surface area contributed by atoms with Gasteiger partial charge >= 0.3 is 11.9 Å². The fourth-order valence-electron chi connectivity index (χ4n) is 2.41. The quantitative estimate of drug-likeness (QED) is 0.634. The van der Waals surface area contributed by atoms with Gasteiger partial charge in [-0.05, 0) is 25.1 Å². The number of ether oxygens (including phenoxy) is 2. The van der Waals surface area contributed by atoms with Crippen molar-refractivity contribution < 1.29 is 23.6 Å². The van der Waals surface area contributed by atoms with Gasteiger partial charge in [-0.2, -0.15) is 4.99 Å². The lowest BCUT2D eigenvalue weighted by atomic mass is 10.2. The third-order valence-corrected chi connectivity index (χ3v) is 4.71. The highest BCUT2D eigenvalue weighted by atomic mass is 32.1. The number of carbonyl (C=O) groups is 2. The van der Waals surface area contributed by atoms with E-state index in [1.807, 2.05) is 4.57 Å². The van der Waals surface area contributed by atoms with Crippen LogP contribution in [0.5, 0.6) is 0 Å². The van der Waals surface area contributed by atoms with Crippen LogP contribution in [0.3, 0.4) is 0 Å². The number of methoxy groups -OCH3 is 2. The zero-order valence-corrected chi connectivity index (χ0v) is 15.3. The van der Waals surface area contributed by atoms with Crippen LogP contribution in [0, 0.1) is 6.92 Å². The summed E-state index contributed by atoms with van der Waals surface area (Å²) in [5.74, 6) is -0.376. The van der Waals surface area contributed by atoms with Crippen molar-refractivity contribution in [2.45, 2.75) is 13.5 Å². The lowest BCUT2D eigenvalue weighted by Gasteiger charge is -2.04.